The molecule has 1 unspecified atom stereocenters. The molecule has 1 fully saturated rings. The zero-order chi connectivity index (χ0) is 14.7. The van der Waals surface area contributed by atoms with Gasteiger partial charge in [-0.2, -0.15) is 5.10 Å². The van der Waals surface area contributed by atoms with E-state index in [0.29, 0.717) is 10.8 Å². The fraction of sp³-hybridized carbons (Fsp3) is 0.533. The van der Waals surface area contributed by atoms with Gasteiger partial charge < -0.3 is 4.90 Å². The molecule has 1 aliphatic rings. The van der Waals surface area contributed by atoms with Crippen molar-refractivity contribution in [2.24, 2.45) is 0 Å². The van der Waals surface area contributed by atoms with Crippen molar-refractivity contribution in [1.29, 1.82) is 0 Å². The third-order valence-corrected chi connectivity index (χ3v) is 4.32. The Morgan fingerprint density at radius 2 is 2.14 bits per heavy atom. The zero-order valence-corrected chi connectivity index (χ0v) is 13.1. The SMILES string of the molecule is CC(CN1CCCCC1)n1c(-c2cccnc2)n[nH]c1=S. The Kier molecular flexibility index (Phi) is 4.45. The number of nitrogens with zero attached hydrogens (tertiary/aromatic N) is 4. The van der Waals surface area contributed by atoms with Gasteiger partial charge in [0.15, 0.2) is 10.6 Å². The summed E-state index contributed by atoms with van der Waals surface area (Å²) in [5, 5.41) is 7.31. The molecule has 2 aromatic heterocycles. The molecule has 21 heavy (non-hydrogen) atoms. The molecule has 6 heteroatoms. The van der Waals surface area contributed by atoms with Crippen LogP contribution in [0, 0.1) is 4.77 Å². The number of aromatic nitrogens is 4. The van der Waals surface area contributed by atoms with Crippen LogP contribution in [0.3, 0.4) is 0 Å². The van der Waals surface area contributed by atoms with Gasteiger partial charge in [-0.25, -0.2) is 0 Å². The van der Waals surface area contributed by atoms with E-state index in [4.69, 9.17) is 12.2 Å². The molecule has 0 radical (unpaired) electrons. The van der Waals surface area contributed by atoms with E-state index in [2.05, 4.69) is 31.6 Å². The molecular formula is C15H21N5S. The second-order valence-corrected chi connectivity index (χ2v) is 6.06. The van der Waals surface area contributed by atoms with Gasteiger partial charge in [-0.15, -0.1) is 0 Å². The van der Waals surface area contributed by atoms with E-state index < -0.39 is 0 Å². The number of hydrogen-bond donors (Lipinski definition) is 1. The van der Waals surface area contributed by atoms with E-state index in [0.717, 1.165) is 17.9 Å². The summed E-state index contributed by atoms with van der Waals surface area (Å²) in [5.74, 6) is 0.873. The highest BCUT2D eigenvalue weighted by atomic mass is 32.1. The first-order valence-corrected chi connectivity index (χ1v) is 7.96. The second-order valence-electron chi connectivity index (χ2n) is 5.67. The van der Waals surface area contributed by atoms with Crippen LogP contribution in [0.15, 0.2) is 24.5 Å². The van der Waals surface area contributed by atoms with Crippen molar-refractivity contribution in [1.82, 2.24) is 24.6 Å². The maximum Gasteiger partial charge on any atom is 0.195 e. The van der Waals surface area contributed by atoms with Crippen molar-refractivity contribution in [2.45, 2.75) is 32.2 Å². The number of nitrogens with one attached hydrogen (secondary N) is 1. The average Bonchev–Trinajstić information content (AvgIpc) is 2.91. The summed E-state index contributed by atoms with van der Waals surface area (Å²) < 4.78 is 2.79. The number of H-pyrrole nitrogens is 1. The van der Waals surface area contributed by atoms with E-state index >= 15 is 0 Å². The predicted molar refractivity (Wildman–Crippen MR) is 85.6 cm³/mol. The van der Waals surface area contributed by atoms with Crippen molar-refractivity contribution >= 4 is 12.2 Å². The summed E-state index contributed by atoms with van der Waals surface area (Å²) >= 11 is 5.42. The number of likely N-dealkylation sites (tertiary alicyclic amines) is 1. The van der Waals surface area contributed by atoms with Gasteiger partial charge >= 0.3 is 0 Å². The van der Waals surface area contributed by atoms with Crippen LogP contribution in [0.4, 0.5) is 0 Å². The molecule has 2 aromatic rings. The Labute approximate surface area is 130 Å². The van der Waals surface area contributed by atoms with Crippen LogP contribution < -0.4 is 0 Å². The van der Waals surface area contributed by atoms with E-state index in [9.17, 15) is 0 Å². The van der Waals surface area contributed by atoms with E-state index in [-0.39, 0.29) is 0 Å². The van der Waals surface area contributed by atoms with E-state index in [1.807, 2.05) is 18.3 Å². The molecular weight excluding hydrogens is 282 g/mol. The first-order chi connectivity index (χ1) is 10.3. The lowest BCUT2D eigenvalue weighted by Crippen LogP contribution is -2.34. The highest BCUT2D eigenvalue weighted by Crippen LogP contribution is 2.22. The first-order valence-electron chi connectivity index (χ1n) is 7.55. The molecule has 112 valence electrons. The molecule has 0 bridgehead atoms. The summed E-state index contributed by atoms with van der Waals surface area (Å²) in [6.45, 7) is 5.61. The van der Waals surface area contributed by atoms with Crippen LogP contribution in [0.25, 0.3) is 11.4 Å². The summed E-state index contributed by atoms with van der Waals surface area (Å²) in [4.78, 5) is 6.70. The molecule has 3 rings (SSSR count). The molecule has 0 spiro atoms. The summed E-state index contributed by atoms with van der Waals surface area (Å²) in [6.07, 6.45) is 7.57. The summed E-state index contributed by atoms with van der Waals surface area (Å²) in [5.41, 5.74) is 0.996. The highest BCUT2D eigenvalue weighted by Gasteiger charge is 2.18. The number of aromatic amines is 1. The minimum atomic E-state index is 0.296. The molecule has 1 aliphatic heterocycles. The third kappa shape index (κ3) is 3.22. The number of pyridine rings is 1. The van der Waals surface area contributed by atoms with Crippen LogP contribution in [0.5, 0.6) is 0 Å². The van der Waals surface area contributed by atoms with Crippen LogP contribution in [0.2, 0.25) is 0 Å². The number of hydrogen-bond acceptors (Lipinski definition) is 4. The zero-order valence-electron chi connectivity index (χ0n) is 12.3. The molecule has 0 aliphatic carbocycles. The van der Waals surface area contributed by atoms with Crippen LogP contribution in [0.1, 0.15) is 32.2 Å². The molecule has 5 nitrogen and oxygen atoms in total. The quantitative estimate of drug-likeness (QED) is 0.882. The highest BCUT2D eigenvalue weighted by molar-refractivity contribution is 7.71. The van der Waals surface area contributed by atoms with Crippen molar-refractivity contribution in [3.8, 4) is 11.4 Å². The lowest BCUT2D eigenvalue weighted by atomic mass is 10.1. The minimum absolute atomic E-state index is 0.296. The largest absolute Gasteiger partial charge is 0.301 e. The molecule has 1 atom stereocenters. The Hall–Kier alpha value is -1.53. The third-order valence-electron chi connectivity index (χ3n) is 4.04. The van der Waals surface area contributed by atoms with Crippen LogP contribution in [-0.2, 0) is 0 Å². The standard InChI is InChI=1S/C15H21N5S/c1-12(11-19-8-3-2-4-9-19)20-14(17-18-15(20)21)13-6-5-7-16-10-13/h5-7,10,12H,2-4,8-9,11H2,1H3,(H,18,21). The van der Waals surface area contributed by atoms with Crippen molar-refractivity contribution in [3.05, 3.63) is 29.3 Å². The van der Waals surface area contributed by atoms with Gasteiger partial charge in [-0.3, -0.25) is 14.6 Å². The summed E-state index contributed by atoms with van der Waals surface area (Å²) in [7, 11) is 0. The van der Waals surface area contributed by atoms with Gasteiger partial charge in [0.2, 0.25) is 0 Å². The fourth-order valence-corrected chi connectivity index (χ4v) is 3.32. The molecule has 1 N–H and O–H groups in total. The fourth-order valence-electron chi connectivity index (χ4n) is 3.01. The molecule has 1 saturated heterocycles. The monoisotopic (exact) mass is 303 g/mol. The minimum Gasteiger partial charge on any atom is -0.301 e. The Morgan fingerprint density at radius 3 is 2.86 bits per heavy atom. The number of piperidine rings is 1. The second kappa shape index (κ2) is 6.49. The molecule has 0 aromatic carbocycles. The Morgan fingerprint density at radius 1 is 1.33 bits per heavy atom. The lowest BCUT2D eigenvalue weighted by Gasteiger charge is -2.29. The van der Waals surface area contributed by atoms with Gasteiger partial charge in [0.05, 0.1) is 0 Å². The van der Waals surface area contributed by atoms with Gasteiger partial charge in [-0.1, -0.05) is 6.42 Å². The first kappa shape index (κ1) is 14.4. The van der Waals surface area contributed by atoms with Gasteiger partial charge in [0.1, 0.15) is 0 Å². The van der Waals surface area contributed by atoms with Gasteiger partial charge in [0, 0.05) is 30.5 Å². The molecule has 3 heterocycles. The van der Waals surface area contributed by atoms with Gasteiger partial charge in [0.25, 0.3) is 0 Å². The van der Waals surface area contributed by atoms with Crippen LogP contribution >= 0.6 is 12.2 Å². The smallest absolute Gasteiger partial charge is 0.195 e. The van der Waals surface area contributed by atoms with E-state index in [1.165, 1.54) is 32.4 Å². The van der Waals surface area contributed by atoms with E-state index in [1.54, 1.807) is 6.20 Å². The average molecular weight is 303 g/mol. The maximum absolute atomic E-state index is 5.42. The molecule has 0 saturated carbocycles. The van der Waals surface area contributed by atoms with Crippen LogP contribution in [-0.4, -0.2) is 44.3 Å². The van der Waals surface area contributed by atoms with Crippen molar-refractivity contribution in [2.75, 3.05) is 19.6 Å². The van der Waals surface area contributed by atoms with Crippen molar-refractivity contribution < 1.29 is 0 Å². The Balaban J connectivity index is 1.84. The normalized spacial score (nSPS) is 17.8. The maximum atomic E-state index is 5.42. The Bertz CT molecular complexity index is 627. The number of rotatable bonds is 4. The summed E-state index contributed by atoms with van der Waals surface area (Å²) in [6, 6.07) is 4.24. The lowest BCUT2D eigenvalue weighted by molar-refractivity contribution is 0.202. The topological polar surface area (TPSA) is 49.7 Å². The van der Waals surface area contributed by atoms with Crippen molar-refractivity contribution in [3.63, 3.8) is 0 Å². The molecule has 0 amide bonds. The predicted octanol–water partition coefficient (Wildman–Crippen LogP) is 3.05. The van der Waals surface area contributed by atoms with Gasteiger partial charge in [-0.05, 0) is 57.2 Å².